The van der Waals surface area contributed by atoms with Crippen molar-refractivity contribution in [3.63, 3.8) is 0 Å². The Morgan fingerprint density at radius 3 is 2.54 bits per heavy atom. The lowest BCUT2D eigenvalue weighted by atomic mass is 10.0. The first-order valence-electron chi connectivity index (χ1n) is 7.88. The number of halogens is 1. The summed E-state index contributed by atoms with van der Waals surface area (Å²) in [6, 6.07) is 13.7. The third kappa shape index (κ3) is 4.22. The van der Waals surface area contributed by atoms with E-state index < -0.39 is 12.0 Å². The molecule has 1 heterocycles. The van der Waals surface area contributed by atoms with Crippen molar-refractivity contribution in [3.8, 4) is 0 Å². The van der Waals surface area contributed by atoms with E-state index in [1.54, 1.807) is 24.3 Å². The Kier molecular flexibility index (Phi) is 6.38. The lowest BCUT2D eigenvalue weighted by Gasteiger charge is -2.12. The minimum atomic E-state index is -0.681. The lowest BCUT2D eigenvalue weighted by molar-refractivity contribution is -0.117. The number of nitrogens with one attached hydrogen (secondary N) is 2. The summed E-state index contributed by atoms with van der Waals surface area (Å²) in [4.78, 5) is 26.9. The Hall–Kier alpha value is -2.83. The fraction of sp³-hybridized carbons (Fsp3) is 0.158. The maximum atomic E-state index is 12.3. The summed E-state index contributed by atoms with van der Waals surface area (Å²) >= 11 is 0. The average molecular weight is 374 g/mol. The van der Waals surface area contributed by atoms with Crippen molar-refractivity contribution in [3.05, 3.63) is 65.9 Å². The highest BCUT2D eigenvalue weighted by Crippen LogP contribution is 2.19. The van der Waals surface area contributed by atoms with Crippen LogP contribution >= 0.6 is 12.4 Å². The Morgan fingerprint density at radius 2 is 1.85 bits per heavy atom. The van der Waals surface area contributed by atoms with Crippen molar-refractivity contribution in [2.75, 3.05) is 12.4 Å². The summed E-state index contributed by atoms with van der Waals surface area (Å²) in [6.45, 7) is 0. The van der Waals surface area contributed by atoms with Crippen molar-refractivity contribution >= 4 is 40.9 Å². The summed E-state index contributed by atoms with van der Waals surface area (Å²) in [7, 11) is 1.32. The number of hydrogen-bond acceptors (Lipinski definition) is 4. The van der Waals surface area contributed by atoms with Crippen LogP contribution in [-0.2, 0) is 16.0 Å². The first-order chi connectivity index (χ1) is 12.1. The van der Waals surface area contributed by atoms with Gasteiger partial charge in [-0.05, 0) is 42.3 Å². The number of rotatable bonds is 5. The molecule has 0 unspecified atom stereocenters. The number of benzene rings is 2. The fourth-order valence-corrected chi connectivity index (χ4v) is 2.67. The number of nitrogens with two attached hydrogens (primary N) is 1. The van der Waals surface area contributed by atoms with Gasteiger partial charge in [0.05, 0.1) is 18.7 Å². The van der Waals surface area contributed by atoms with Gasteiger partial charge in [-0.3, -0.25) is 4.79 Å². The SMILES string of the molecule is COC(=O)c1ccc(NC(=O)[C@@H](N)Cc2c[nH]c3ccccc23)cc1.Cl. The molecule has 136 valence electrons. The molecule has 1 amide bonds. The third-order valence-corrected chi connectivity index (χ3v) is 4.03. The van der Waals surface area contributed by atoms with Crippen LogP contribution in [0, 0.1) is 0 Å². The molecule has 0 saturated carbocycles. The Balaban J connectivity index is 0.00000243. The quantitative estimate of drug-likeness (QED) is 0.599. The highest BCUT2D eigenvalue weighted by molar-refractivity contribution is 5.96. The van der Waals surface area contributed by atoms with Crippen LogP contribution in [0.25, 0.3) is 10.9 Å². The van der Waals surface area contributed by atoms with Crippen LogP contribution in [0.5, 0.6) is 0 Å². The normalized spacial score (nSPS) is 11.5. The number of fused-ring (bicyclic) bond motifs is 1. The Labute approximate surface area is 157 Å². The predicted octanol–water partition coefficient (Wildman–Crippen LogP) is 2.88. The maximum absolute atomic E-state index is 12.3. The summed E-state index contributed by atoms with van der Waals surface area (Å²) in [6.07, 6.45) is 2.30. The molecule has 0 fully saturated rings. The van der Waals surface area contributed by atoms with Crippen molar-refractivity contribution in [1.82, 2.24) is 4.98 Å². The van der Waals surface area contributed by atoms with Crippen LogP contribution in [-0.4, -0.2) is 30.0 Å². The fourth-order valence-electron chi connectivity index (χ4n) is 2.67. The van der Waals surface area contributed by atoms with E-state index in [0.29, 0.717) is 17.7 Å². The van der Waals surface area contributed by atoms with Crippen LogP contribution in [0.4, 0.5) is 5.69 Å². The van der Waals surface area contributed by atoms with E-state index in [9.17, 15) is 9.59 Å². The zero-order valence-corrected chi connectivity index (χ0v) is 15.0. The zero-order chi connectivity index (χ0) is 17.8. The molecule has 0 bridgehead atoms. The van der Waals surface area contributed by atoms with Crippen molar-refractivity contribution in [2.45, 2.75) is 12.5 Å². The molecule has 0 aliphatic rings. The van der Waals surface area contributed by atoms with E-state index in [4.69, 9.17) is 5.73 Å². The van der Waals surface area contributed by atoms with Gasteiger partial charge in [0.1, 0.15) is 0 Å². The van der Waals surface area contributed by atoms with Crippen molar-refractivity contribution in [1.29, 1.82) is 0 Å². The standard InChI is InChI=1S/C19H19N3O3.ClH/c1-25-19(24)12-6-8-14(9-7-12)22-18(23)16(20)10-13-11-21-17-5-3-2-4-15(13)17;/h2-9,11,16,21H,10,20H2,1H3,(H,22,23);1H/t16-;/m0./s1. The molecule has 0 radical (unpaired) electrons. The largest absolute Gasteiger partial charge is 0.465 e. The number of ether oxygens (including phenoxy) is 1. The first kappa shape index (κ1) is 19.5. The number of para-hydroxylation sites is 1. The summed E-state index contributed by atoms with van der Waals surface area (Å²) in [5, 5.41) is 3.82. The van der Waals surface area contributed by atoms with Gasteiger partial charge in [-0.2, -0.15) is 0 Å². The summed E-state index contributed by atoms with van der Waals surface area (Å²) in [5.41, 5.74) is 9.06. The highest BCUT2D eigenvalue weighted by Gasteiger charge is 2.16. The Bertz CT molecular complexity index is 906. The van der Waals surface area contributed by atoms with Crippen LogP contribution < -0.4 is 11.1 Å². The minimum Gasteiger partial charge on any atom is -0.465 e. The molecule has 6 nitrogen and oxygen atoms in total. The molecule has 0 spiro atoms. The number of anilines is 1. The molecule has 7 heteroatoms. The first-order valence-corrected chi connectivity index (χ1v) is 7.88. The van der Waals surface area contributed by atoms with E-state index in [1.165, 1.54) is 7.11 Å². The molecule has 0 saturated heterocycles. The number of carbonyl (C=O) groups excluding carboxylic acids is 2. The molecule has 1 aromatic heterocycles. The molecule has 4 N–H and O–H groups in total. The molecule has 3 rings (SSSR count). The van der Waals surface area contributed by atoms with Crippen LogP contribution in [0.3, 0.4) is 0 Å². The van der Waals surface area contributed by atoms with Crippen molar-refractivity contribution < 1.29 is 14.3 Å². The smallest absolute Gasteiger partial charge is 0.337 e. The lowest BCUT2D eigenvalue weighted by Crippen LogP contribution is -2.37. The van der Waals surface area contributed by atoms with Gasteiger partial charge in [0.2, 0.25) is 5.91 Å². The van der Waals surface area contributed by atoms with Crippen LogP contribution in [0.2, 0.25) is 0 Å². The summed E-state index contributed by atoms with van der Waals surface area (Å²) < 4.78 is 4.64. The summed E-state index contributed by atoms with van der Waals surface area (Å²) in [5.74, 6) is -0.704. The van der Waals surface area contributed by atoms with Gasteiger partial charge in [-0.1, -0.05) is 18.2 Å². The molecular weight excluding hydrogens is 354 g/mol. The molecular formula is C19H20ClN3O3. The number of hydrogen-bond donors (Lipinski definition) is 3. The predicted molar refractivity (Wildman–Crippen MR) is 104 cm³/mol. The van der Waals surface area contributed by atoms with E-state index in [-0.39, 0.29) is 18.3 Å². The van der Waals surface area contributed by atoms with E-state index in [2.05, 4.69) is 15.0 Å². The number of aromatic nitrogens is 1. The van der Waals surface area contributed by atoms with Gasteiger partial charge in [-0.15, -0.1) is 12.4 Å². The average Bonchev–Trinajstić information content (AvgIpc) is 3.04. The van der Waals surface area contributed by atoms with Gasteiger partial charge in [0.15, 0.2) is 0 Å². The Morgan fingerprint density at radius 1 is 1.15 bits per heavy atom. The van der Waals surface area contributed by atoms with Gasteiger partial charge >= 0.3 is 5.97 Å². The van der Waals surface area contributed by atoms with E-state index >= 15 is 0 Å². The van der Waals surface area contributed by atoms with Gasteiger partial charge in [0, 0.05) is 22.8 Å². The van der Waals surface area contributed by atoms with Crippen LogP contribution in [0.15, 0.2) is 54.7 Å². The second kappa shape index (κ2) is 8.51. The molecule has 0 aliphatic carbocycles. The van der Waals surface area contributed by atoms with Gasteiger partial charge in [-0.25, -0.2) is 4.79 Å². The molecule has 3 aromatic rings. The topological polar surface area (TPSA) is 97.2 Å². The van der Waals surface area contributed by atoms with Gasteiger partial charge in [0.25, 0.3) is 0 Å². The minimum absolute atomic E-state index is 0. The number of H-pyrrole nitrogens is 1. The van der Waals surface area contributed by atoms with E-state index in [0.717, 1.165) is 16.5 Å². The number of esters is 1. The number of methoxy groups -OCH3 is 1. The van der Waals surface area contributed by atoms with Crippen LogP contribution in [0.1, 0.15) is 15.9 Å². The molecule has 26 heavy (non-hydrogen) atoms. The van der Waals surface area contributed by atoms with E-state index in [1.807, 2.05) is 30.5 Å². The van der Waals surface area contributed by atoms with Gasteiger partial charge < -0.3 is 20.8 Å². The number of carbonyl (C=O) groups is 2. The second-order valence-electron chi connectivity index (χ2n) is 5.73. The molecule has 2 aromatic carbocycles. The monoisotopic (exact) mass is 373 g/mol. The second-order valence-corrected chi connectivity index (χ2v) is 5.73. The third-order valence-electron chi connectivity index (χ3n) is 4.03. The maximum Gasteiger partial charge on any atom is 0.337 e. The number of aromatic amines is 1. The zero-order valence-electron chi connectivity index (χ0n) is 14.2. The molecule has 1 atom stereocenters. The number of amides is 1. The highest BCUT2D eigenvalue weighted by atomic mass is 35.5. The van der Waals surface area contributed by atoms with Crippen molar-refractivity contribution in [2.24, 2.45) is 5.73 Å². The molecule has 0 aliphatic heterocycles.